The van der Waals surface area contributed by atoms with Crippen LogP contribution in [-0.4, -0.2) is 28.2 Å². The zero-order valence-electron chi connectivity index (χ0n) is 12.1. The van der Waals surface area contributed by atoms with Gasteiger partial charge in [-0.3, -0.25) is 4.79 Å². The molecule has 0 heterocycles. The molecule has 0 aliphatic heterocycles. The molecule has 6 heteroatoms. The van der Waals surface area contributed by atoms with Crippen molar-refractivity contribution in [3.05, 3.63) is 23.8 Å². The molecule has 0 radical (unpaired) electrons. The fourth-order valence-corrected chi connectivity index (χ4v) is 1.20. The number of rotatable bonds is 3. The number of nitrogens with one attached hydrogen (secondary N) is 1. The van der Waals surface area contributed by atoms with Crippen LogP contribution in [0, 0.1) is 0 Å². The van der Waals surface area contributed by atoms with E-state index in [9.17, 15) is 14.7 Å². The van der Waals surface area contributed by atoms with Gasteiger partial charge in [0.25, 0.3) is 0 Å². The Kier molecular flexibility index (Phi) is 7.81. The average molecular weight is 283 g/mol. The summed E-state index contributed by atoms with van der Waals surface area (Å²) < 4.78 is 4.70. The van der Waals surface area contributed by atoms with Gasteiger partial charge in [0.15, 0.2) is 11.5 Å². The van der Waals surface area contributed by atoms with E-state index < -0.39 is 11.9 Å². The SMILES string of the molecule is CC.CC(C)OC(=O)C(=O)NCc1ccc(O)c(O)c1. The van der Waals surface area contributed by atoms with Gasteiger partial charge in [-0.2, -0.15) is 0 Å². The van der Waals surface area contributed by atoms with E-state index in [4.69, 9.17) is 9.84 Å². The number of carbonyl (C=O) groups is 2. The van der Waals surface area contributed by atoms with Gasteiger partial charge in [0.05, 0.1) is 6.10 Å². The molecule has 3 N–H and O–H groups in total. The van der Waals surface area contributed by atoms with Crippen LogP contribution < -0.4 is 5.32 Å². The van der Waals surface area contributed by atoms with Crippen molar-refractivity contribution in [1.29, 1.82) is 0 Å². The third-order valence-corrected chi connectivity index (χ3v) is 2.02. The number of hydrogen-bond acceptors (Lipinski definition) is 5. The second-order valence-corrected chi connectivity index (χ2v) is 3.96. The summed E-state index contributed by atoms with van der Waals surface area (Å²) in [5.41, 5.74) is 0.552. The number of esters is 1. The molecule has 0 aliphatic rings. The Morgan fingerprint density at radius 2 is 1.80 bits per heavy atom. The van der Waals surface area contributed by atoms with Crippen LogP contribution in [0.15, 0.2) is 18.2 Å². The Bertz CT molecular complexity index is 457. The molecule has 1 aromatic rings. The van der Waals surface area contributed by atoms with Crippen molar-refractivity contribution in [3.8, 4) is 11.5 Å². The highest BCUT2D eigenvalue weighted by Crippen LogP contribution is 2.24. The number of phenolic OH excluding ortho intramolecular Hbond substituents is 2. The first kappa shape index (κ1) is 17.8. The zero-order chi connectivity index (χ0) is 15.7. The highest BCUT2D eigenvalue weighted by Gasteiger charge is 2.16. The molecule has 1 amide bonds. The summed E-state index contributed by atoms with van der Waals surface area (Å²) in [5, 5.41) is 20.7. The number of ether oxygens (including phenoxy) is 1. The molecule has 0 saturated heterocycles. The van der Waals surface area contributed by atoms with E-state index in [1.165, 1.54) is 18.2 Å². The Morgan fingerprint density at radius 3 is 2.30 bits per heavy atom. The predicted molar refractivity (Wildman–Crippen MR) is 74.2 cm³/mol. The van der Waals surface area contributed by atoms with Crippen LogP contribution in [0.4, 0.5) is 0 Å². The topological polar surface area (TPSA) is 95.9 Å². The maximum absolute atomic E-state index is 11.3. The molecule has 0 unspecified atom stereocenters. The van der Waals surface area contributed by atoms with E-state index in [0.29, 0.717) is 5.56 Å². The van der Waals surface area contributed by atoms with Gasteiger partial charge in [0.1, 0.15) is 0 Å². The second-order valence-electron chi connectivity index (χ2n) is 3.96. The minimum Gasteiger partial charge on any atom is -0.504 e. The van der Waals surface area contributed by atoms with Crippen molar-refractivity contribution >= 4 is 11.9 Å². The van der Waals surface area contributed by atoms with E-state index in [1.807, 2.05) is 13.8 Å². The molecule has 1 rings (SSSR count). The standard InChI is InChI=1S/C12H15NO5.C2H6/c1-7(2)18-12(17)11(16)13-6-8-3-4-9(14)10(15)5-8;1-2/h3-5,7,14-15H,6H2,1-2H3,(H,13,16);1-2H3. The van der Waals surface area contributed by atoms with Gasteiger partial charge < -0.3 is 20.3 Å². The Balaban J connectivity index is 0.00000172. The number of phenols is 2. The summed E-state index contributed by atoms with van der Waals surface area (Å²) in [6, 6.07) is 4.11. The van der Waals surface area contributed by atoms with Crippen molar-refractivity contribution in [2.24, 2.45) is 0 Å². The Labute approximate surface area is 118 Å². The normalized spacial score (nSPS) is 9.45. The summed E-state index contributed by atoms with van der Waals surface area (Å²) in [4.78, 5) is 22.5. The Hall–Kier alpha value is -2.24. The van der Waals surface area contributed by atoms with E-state index >= 15 is 0 Å². The van der Waals surface area contributed by atoms with Crippen LogP contribution in [0.5, 0.6) is 11.5 Å². The highest BCUT2D eigenvalue weighted by molar-refractivity contribution is 6.32. The lowest BCUT2D eigenvalue weighted by Gasteiger charge is -2.08. The summed E-state index contributed by atoms with van der Waals surface area (Å²) in [7, 11) is 0. The van der Waals surface area contributed by atoms with Gasteiger partial charge in [-0.05, 0) is 31.5 Å². The van der Waals surface area contributed by atoms with Crippen molar-refractivity contribution in [2.45, 2.75) is 40.3 Å². The van der Waals surface area contributed by atoms with E-state index in [1.54, 1.807) is 13.8 Å². The predicted octanol–water partition coefficient (Wildman–Crippen LogP) is 1.69. The molecule has 0 spiro atoms. The molecule has 6 nitrogen and oxygen atoms in total. The molecule has 20 heavy (non-hydrogen) atoms. The Morgan fingerprint density at radius 1 is 1.20 bits per heavy atom. The highest BCUT2D eigenvalue weighted by atomic mass is 16.5. The lowest BCUT2D eigenvalue weighted by molar-refractivity contribution is -0.157. The molecule has 0 aliphatic carbocycles. The van der Waals surface area contributed by atoms with Gasteiger partial charge in [-0.25, -0.2) is 4.79 Å². The quantitative estimate of drug-likeness (QED) is 0.446. The molecule has 0 atom stereocenters. The lowest BCUT2D eigenvalue weighted by atomic mass is 10.2. The van der Waals surface area contributed by atoms with Crippen molar-refractivity contribution in [2.75, 3.05) is 0 Å². The summed E-state index contributed by atoms with van der Waals surface area (Å²) in [6.07, 6.45) is -0.360. The minimum absolute atomic E-state index is 0.0554. The number of benzene rings is 1. The van der Waals surface area contributed by atoms with Gasteiger partial charge in [-0.1, -0.05) is 19.9 Å². The second kappa shape index (κ2) is 8.79. The number of hydrogen-bond donors (Lipinski definition) is 3. The van der Waals surface area contributed by atoms with Crippen LogP contribution in [-0.2, 0) is 20.9 Å². The van der Waals surface area contributed by atoms with Crippen LogP contribution in [0.1, 0.15) is 33.3 Å². The maximum atomic E-state index is 11.3. The van der Waals surface area contributed by atoms with Crippen LogP contribution in [0.25, 0.3) is 0 Å². The third-order valence-electron chi connectivity index (χ3n) is 2.02. The van der Waals surface area contributed by atoms with E-state index in [-0.39, 0.29) is 24.1 Å². The summed E-state index contributed by atoms with van der Waals surface area (Å²) in [5.74, 6) is -2.33. The fraction of sp³-hybridized carbons (Fsp3) is 0.429. The van der Waals surface area contributed by atoms with Crippen molar-refractivity contribution in [1.82, 2.24) is 5.32 Å². The minimum atomic E-state index is -0.951. The molecule has 0 bridgehead atoms. The fourth-order valence-electron chi connectivity index (χ4n) is 1.20. The van der Waals surface area contributed by atoms with Gasteiger partial charge in [0.2, 0.25) is 0 Å². The number of aromatic hydroxyl groups is 2. The molecule has 0 saturated carbocycles. The first-order chi connectivity index (χ1) is 9.40. The number of carbonyl (C=O) groups excluding carboxylic acids is 2. The van der Waals surface area contributed by atoms with E-state index in [2.05, 4.69) is 5.32 Å². The van der Waals surface area contributed by atoms with Gasteiger partial charge >= 0.3 is 11.9 Å². The smallest absolute Gasteiger partial charge is 0.397 e. The first-order valence-corrected chi connectivity index (χ1v) is 6.40. The maximum Gasteiger partial charge on any atom is 0.397 e. The first-order valence-electron chi connectivity index (χ1n) is 6.40. The average Bonchev–Trinajstić information content (AvgIpc) is 2.41. The van der Waals surface area contributed by atoms with Crippen molar-refractivity contribution in [3.63, 3.8) is 0 Å². The monoisotopic (exact) mass is 283 g/mol. The zero-order valence-corrected chi connectivity index (χ0v) is 12.1. The van der Waals surface area contributed by atoms with E-state index in [0.717, 1.165) is 0 Å². The van der Waals surface area contributed by atoms with Crippen LogP contribution >= 0.6 is 0 Å². The van der Waals surface area contributed by atoms with Crippen LogP contribution in [0.3, 0.4) is 0 Å². The molecule has 1 aromatic carbocycles. The lowest BCUT2D eigenvalue weighted by Crippen LogP contribution is -2.33. The molecular formula is C14H21NO5. The third kappa shape index (κ3) is 6.08. The molecular weight excluding hydrogens is 262 g/mol. The molecule has 112 valence electrons. The van der Waals surface area contributed by atoms with Crippen LogP contribution in [0.2, 0.25) is 0 Å². The molecule has 0 aromatic heterocycles. The largest absolute Gasteiger partial charge is 0.504 e. The van der Waals surface area contributed by atoms with Crippen molar-refractivity contribution < 1.29 is 24.5 Å². The summed E-state index contributed by atoms with van der Waals surface area (Å²) in [6.45, 7) is 7.34. The van der Waals surface area contributed by atoms with Gasteiger partial charge in [-0.15, -0.1) is 0 Å². The number of amides is 1. The summed E-state index contributed by atoms with van der Waals surface area (Å²) >= 11 is 0. The molecule has 0 fully saturated rings. The van der Waals surface area contributed by atoms with Gasteiger partial charge in [0, 0.05) is 6.54 Å².